The molecule has 0 fully saturated rings. The Morgan fingerprint density at radius 3 is 2.79 bits per heavy atom. The smallest absolute Gasteiger partial charge is 0.251 e. The maximum atomic E-state index is 12.0. The van der Waals surface area contributed by atoms with Crippen molar-refractivity contribution >= 4 is 21.8 Å². The highest BCUT2D eigenvalue weighted by Gasteiger charge is 2.08. The molecule has 4 heteroatoms. The zero-order chi connectivity index (χ0) is 14.1. The maximum absolute atomic E-state index is 12.0. The Hall–Kier alpha value is -0.870. The lowest BCUT2D eigenvalue weighted by Gasteiger charge is -2.08. The lowest BCUT2D eigenvalue weighted by atomic mass is 10.1. The Kier molecular flexibility index (Phi) is 7.75. The summed E-state index contributed by atoms with van der Waals surface area (Å²) in [5, 5.41) is 2.92. The number of halogens is 1. The summed E-state index contributed by atoms with van der Waals surface area (Å²) < 4.78 is 6.37. The van der Waals surface area contributed by atoms with E-state index in [0.717, 1.165) is 41.5 Å². The lowest BCUT2D eigenvalue weighted by Crippen LogP contribution is -2.26. The summed E-state index contributed by atoms with van der Waals surface area (Å²) in [4.78, 5) is 12.0. The average Bonchev–Trinajstić information content (AvgIpc) is 2.40. The molecule has 0 saturated heterocycles. The topological polar surface area (TPSA) is 38.3 Å². The second-order valence-corrected chi connectivity index (χ2v) is 5.45. The van der Waals surface area contributed by atoms with E-state index in [0.29, 0.717) is 13.2 Å². The van der Waals surface area contributed by atoms with Gasteiger partial charge in [-0.1, -0.05) is 35.3 Å². The number of benzene rings is 1. The molecule has 0 radical (unpaired) electrons. The number of rotatable bonds is 8. The minimum atomic E-state index is -0.0210. The van der Waals surface area contributed by atoms with Gasteiger partial charge in [0.2, 0.25) is 0 Å². The summed E-state index contributed by atoms with van der Waals surface area (Å²) >= 11 is 3.38. The predicted octanol–water partition coefficient (Wildman–Crippen LogP) is 3.69. The molecule has 1 amide bonds. The molecule has 0 atom stereocenters. The molecule has 0 spiro atoms. The summed E-state index contributed by atoms with van der Waals surface area (Å²) in [6, 6.07) is 5.73. The standard InChI is InChI=1S/C15H22BrNO2/c1-3-4-9-19-10-5-8-17-15(18)14-11-13(16)7-6-12(14)2/h6-7,11H,3-5,8-10H2,1-2H3,(H,17,18). The minimum absolute atomic E-state index is 0.0210. The first-order chi connectivity index (χ1) is 9.15. The predicted molar refractivity (Wildman–Crippen MR) is 81.6 cm³/mol. The van der Waals surface area contributed by atoms with Gasteiger partial charge in [0.25, 0.3) is 5.91 Å². The summed E-state index contributed by atoms with van der Waals surface area (Å²) in [6.45, 7) is 6.25. The molecule has 106 valence electrons. The second-order valence-electron chi connectivity index (χ2n) is 4.53. The molecule has 1 aromatic carbocycles. The van der Waals surface area contributed by atoms with Crippen LogP contribution in [0.4, 0.5) is 0 Å². The first-order valence-electron chi connectivity index (χ1n) is 6.77. The van der Waals surface area contributed by atoms with E-state index in [1.165, 1.54) is 0 Å². The van der Waals surface area contributed by atoms with E-state index < -0.39 is 0 Å². The van der Waals surface area contributed by atoms with Gasteiger partial charge in [0.15, 0.2) is 0 Å². The van der Waals surface area contributed by atoms with Gasteiger partial charge in [0, 0.05) is 29.8 Å². The third-order valence-electron chi connectivity index (χ3n) is 2.84. The van der Waals surface area contributed by atoms with Crippen molar-refractivity contribution in [3.8, 4) is 0 Å². The van der Waals surface area contributed by atoms with Crippen molar-refractivity contribution in [3.63, 3.8) is 0 Å². The number of nitrogens with one attached hydrogen (secondary N) is 1. The van der Waals surface area contributed by atoms with Crippen LogP contribution in [0.25, 0.3) is 0 Å². The Bertz CT molecular complexity index is 407. The van der Waals surface area contributed by atoms with Crippen molar-refractivity contribution in [2.45, 2.75) is 33.1 Å². The number of ether oxygens (including phenoxy) is 1. The molecule has 0 heterocycles. The number of amides is 1. The van der Waals surface area contributed by atoms with Crippen LogP contribution in [0.3, 0.4) is 0 Å². The van der Waals surface area contributed by atoms with Crippen molar-refractivity contribution in [1.82, 2.24) is 5.32 Å². The summed E-state index contributed by atoms with van der Waals surface area (Å²) in [6.07, 6.45) is 3.10. The van der Waals surface area contributed by atoms with Gasteiger partial charge in [-0.15, -0.1) is 0 Å². The molecule has 3 nitrogen and oxygen atoms in total. The van der Waals surface area contributed by atoms with Gasteiger partial charge < -0.3 is 10.1 Å². The van der Waals surface area contributed by atoms with Gasteiger partial charge >= 0.3 is 0 Å². The molecule has 0 unspecified atom stereocenters. The van der Waals surface area contributed by atoms with Crippen LogP contribution in [0.15, 0.2) is 22.7 Å². The molecule has 0 aliphatic carbocycles. The average molecular weight is 328 g/mol. The highest BCUT2D eigenvalue weighted by atomic mass is 79.9. The fourth-order valence-corrected chi connectivity index (χ4v) is 2.02. The van der Waals surface area contributed by atoms with Crippen molar-refractivity contribution in [1.29, 1.82) is 0 Å². The van der Waals surface area contributed by atoms with E-state index in [-0.39, 0.29) is 5.91 Å². The SMILES string of the molecule is CCCCOCCCNC(=O)c1cc(Br)ccc1C. The molecule has 0 saturated carbocycles. The third-order valence-corrected chi connectivity index (χ3v) is 3.33. The summed E-state index contributed by atoms with van der Waals surface area (Å²) in [5.41, 5.74) is 1.71. The van der Waals surface area contributed by atoms with Crippen LogP contribution in [0.1, 0.15) is 42.1 Å². The molecule has 1 N–H and O–H groups in total. The normalized spacial score (nSPS) is 10.5. The van der Waals surface area contributed by atoms with Crippen LogP contribution in [0.2, 0.25) is 0 Å². The number of carbonyl (C=O) groups excluding carboxylic acids is 1. The highest BCUT2D eigenvalue weighted by Crippen LogP contribution is 2.15. The molecule has 0 bridgehead atoms. The van der Waals surface area contributed by atoms with Crippen LogP contribution >= 0.6 is 15.9 Å². The van der Waals surface area contributed by atoms with E-state index >= 15 is 0 Å². The van der Waals surface area contributed by atoms with E-state index in [4.69, 9.17) is 4.74 Å². The minimum Gasteiger partial charge on any atom is -0.381 e. The van der Waals surface area contributed by atoms with E-state index in [9.17, 15) is 4.79 Å². The number of hydrogen-bond donors (Lipinski definition) is 1. The molecule has 0 aromatic heterocycles. The monoisotopic (exact) mass is 327 g/mol. The first kappa shape index (κ1) is 16.2. The van der Waals surface area contributed by atoms with Gasteiger partial charge in [0.05, 0.1) is 0 Å². The van der Waals surface area contributed by atoms with Gasteiger partial charge in [-0.05, 0) is 37.5 Å². The quantitative estimate of drug-likeness (QED) is 0.739. The van der Waals surface area contributed by atoms with Crippen LogP contribution in [-0.4, -0.2) is 25.7 Å². The Morgan fingerprint density at radius 2 is 2.05 bits per heavy atom. The van der Waals surface area contributed by atoms with Crippen molar-refractivity contribution < 1.29 is 9.53 Å². The number of unbranched alkanes of at least 4 members (excludes halogenated alkanes) is 1. The van der Waals surface area contributed by atoms with Gasteiger partial charge in [-0.3, -0.25) is 4.79 Å². The summed E-state index contributed by atoms with van der Waals surface area (Å²) in [5.74, 6) is -0.0210. The van der Waals surface area contributed by atoms with E-state index in [1.54, 1.807) is 0 Å². The third kappa shape index (κ3) is 6.21. The van der Waals surface area contributed by atoms with Crippen LogP contribution in [0, 0.1) is 6.92 Å². The van der Waals surface area contributed by atoms with E-state index in [1.807, 2.05) is 25.1 Å². The molecule has 0 aliphatic heterocycles. The first-order valence-corrected chi connectivity index (χ1v) is 7.56. The number of hydrogen-bond acceptors (Lipinski definition) is 2. The zero-order valence-electron chi connectivity index (χ0n) is 11.7. The van der Waals surface area contributed by atoms with E-state index in [2.05, 4.69) is 28.2 Å². The van der Waals surface area contributed by atoms with Crippen LogP contribution < -0.4 is 5.32 Å². The molecular formula is C15H22BrNO2. The van der Waals surface area contributed by atoms with Gasteiger partial charge in [-0.2, -0.15) is 0 Å². The van der Waals surface area contributed by atoms with Gasteiger partial charge in [0.1, 0.15) is 0 Å². The second kappa shape index (κ2) is 9.10. The highest BCUT2D eigenvalue weighted by molar-refractivity contribution is 9.10. The van der Waals surface area contributed by atoms with Crippen LogP contribution in [-0.2, 0) is 4.74 Å². The molecule has 0 aliphatic rings. The van der Waals surface area contributed by atoms with Crippen molar-refractivity contribution in [2.75, 3.05) is 19.8 Å². The fourth-order valence-electron chi connectivity index (χ4n) is 1.66. The molecular weight excluding hydrogens is 306 g/mol. The Labute approximate surface area is 123 Å². The maximum Gasteiger partial charge on any atom is 0.251 e. The van der Waals surface area contributed by atoms with Crippen molar-refractivity contribution in [3.05, 3.63) is 33.8 Å². The lowest BCUT2D eigenvalue weighted by molar-refractivity contribution is 0.0940. The molecule has 1 rings (SSSR count). The zero-order valence-corrected chi connectivity index (χ0v) is 13.3. The Morgan fingerprint density at radius 1 is 1.32 bits per heavy atom. The van der Waals surface area contributed by atoms with Crippen molar-refractivity contribution in [2.24, 2.45) is 0 Å². The molecule has 1 aromatic rings. The molecule has 19 heavy (non-hydrogen) atoms. The largest absolute Gasteiger partial charge is 0.381 e. The summed E-state index contributed by atoms with van der Waals surface area (Å²) in [7, 11) is 0. The Balaban J connectivity index is 2.26. The van der Waals surface area contributed by atoms with Gasteiger partial charge in [-0.25, -0.2) is 0 Å². The number of carbonyl (C=O) groups is 1. The van der Waals surface area contributed by atoms with Crippen LogP contribution in [0.5, 0.6) is 0 Å². The fraction of sp³-hybridized carbons (Fsp3) is 0.533. The number of aryl methyl sites for hydroxylation is 1.